The summed E-state index contributed by atoms with van der Waals surface area (Å²) in [6.07, 6.45) is 0.613. The van der Waals surface area contributed by atoms with E-state index < -0.39 is 6.67 Å². The van der Waals surface area contributed by atoms with Crippen LogP contribution in [0.3, 0.4) is 0 Å². The van der Waals surface area contributed by atoms with Crippen molar-refractivity contribution in [1.82, 2.24) is 4.90 Å². The summed E-state index contributed by atoms with van der Waals surface area (Å²) >= 11 is 0. The lowest BCUT2D eigenvalue weighted by Gasteiger charge is -2.12. The molecular formula is C7H11BFNO2. The summed E-state index contributed by atoms with van der Waals surface area (Å²) in [7, 11) is 1.46. The first-order chi connectivity index (χ1) is 5.65. The van der Waals surface area contributed by atoms with Gasteiger partial charge < -0.3 is 4.90 Å². The van der Waals surface area contributed by atoms with E-state index in [0.29, 0.717) is 19.5 Å². The van der Waals surface area contributed by atoms with Crippen LogP contribution < -0.4 is 0 Å². The highest BCUT2D eigenvalue weighted by atomic mass is 19.1. The van der Waals surface area contributed by atoms with Crippen molar-refractivity contribution in [3.63, 3.8) is 0 Å². The van der Waals surface area contributed by atoms with Crippen molar-refractivity contribution < 1.29 is 14.0 Å². The van der Waals surface area contributed by atoms with Crippen LogP contribution in [0.5, 0.6) is 0 Å². The second-order valence-corrected chi connectivity index (χ2v) is 3.05. The number of hydrogen-bond acceptors (Lipinski definition) is 2. The molecule has 1 unspecified atom stereocenters. The Hall–Kier alpha value is -0.865. The van der Waals surface area contributed by atoms with E-state index in [1.165, 1.54) is 7.85 Å². The maximum atomic E-state index is 11.9. The largest absolute Gasteiger partial charge is 0.351 e. The molecule has 0 spiro atoms. The van der Waals surface area contributed by atoms with Crippen LogP contribution in [0.15, 0.2) is 0 Å². The number of hydrogen-bond donors (Lipinski definition) is 0. The lowest BCUT2D eigenvalue weighted by molar-refractivity contribution is -0.123. The highest BCUT2D eigenvalue weighted by molar-refractivity contribution is 6.56. The molecule has 0 aromatic rings. The van der Waals surface area contributed by atoms with E-state index in [1.54, 1.807) is 4.90 Å². The Morgan fingerprint density at radius 3 is 2.67 bits per heavy atom. The van der Waals surface area contributed by atoms with Gasteiger partial charge in [-0.25, -0.2) is 4.39 Å². The molecule has 66 valence electrons. The summed E-state index contributed by atoms with van der Waals surface area (Å²) in [6, 6.07) is 0. The summed E-state index contributed by atoms with van der Waals surface area (Å²) in [5.41, 5.74) is 0. The summed E-state index contributed by atoms with van der Waals surface area (Å²) in [5.74, 6) is -0.679. The highest BCUT2D eigenvalue weighted by Gasteiger charge is 2.28. The van der Waals surface area contributed by atoms with Gasteiger partial charge in [0.25, 0.3) is 0 Å². The molecule has 1 fully saturated rings. The fourth-order valence-electron chi connectivity index (χ4n) is 1.42. The third kappa shape index (κ3) is 1.84. The van der Waals surface area contributed by atoms with Crippen molar-refractivity contribution >= 4 is 19.4 Å². The van der Waals surface area contributed by atoms with E-state index in [4.69, 9.17) is 0 Å². The van der Waals surface area contributed by atoms with Crippen LogP contribution in [0, 0.1) is 5.92 Å². The molecule has 0 aromatic carbocycles. The fourth-order valence-corrected chi connectivity index (χ4v) is 1.42. The molecule has 3 nitrogen and oxygen atoms in total. The number of amides is 1. The SMILES string of the molecule is BC(=O)N1CCC(C(=O)CF)C1. The predicted octanol–water partition coefficient (Wildman–Crippen LogP) is -0.400. The Morgan fingerprint density at radius 2 is 2.25 bits per heavy atom. The maximum absolute atomic E-state index is 11.9. The molecular weight excluding hydrogens is 160 g/mol. The maximum Gasteiger partial charge on any atom is 0.215 e. The number of carbonyl (C=O) groups excluding carboxylic acids is 2. The molecule has 0 N–H and O–H groups in total. The normalized spacial score (nSPS) is 22.8. The van der Waals surface area contributed by atoms with Gasteiger partial charge in [0.15, 0.2) is 11.6 Å². The van der Waals surface area contributed by atoms with E-state index in [-0.39, 0.29) is 17.5 Å². The molecule has 0 aromatic heterocycles. The monoisotopic (exact) mass is 171 g/mol. The van der Waals surface area contributed by atoms with Gasteiger partial charge in [-0.05, 0) is 6.42 Å². The first-order valence-corrected chi connectivity index (χ1v) is 3.99. The van der Waals surface area contributed by atoms with Crippen molar-refractivity contribution in [3.8, 4) is 0 Å². The number of carbonyl (C=O) groups is 2. The van der Waals surface area contributed by atoms with Crippen molar-refractivity contribution in [2.75, 3.05) is 19.8 Å². The second-order valence-electron chi connectivity index (χ2n) is 3.05. The molecule has 1 aliphatic heterocycles. The first kappa shape index (κ1) is 9.22. The van der Waals surface area contributed by atoms with Gasteiger partial charge in [-0.3, -0.25) is 9.59 Å². The third-order valence-corrected chi connectivity index (χ3v) is 2.22. The topological polar surface area (TPSA) is 37.4 Å². The van der Waals surface area contributed by atoms with Crippen LogP contribution in [0.25, 0.3) is 0 Å². The molecule has 0 bridgehead atoms. The minimum absolute atomic E-state index is 0.0378. The molecule has 12 heavy (non-hydrogen) atoms. The lowest BCUT2D eigenvalue weighted by Crippen LogP contribution is -2.28. The van der Waals surface area contributed by atoms with Gasteiger partial charge in [0, 0.05) is 19.0 Å². The molecule has 1 aliphatic rings. The predicted molar refractivity (Wildman–Crippen MR) is 44.6 cm³/mol. The molecule has 0 radical (unpaired) electrons. The summed E-state index contributed by atoms with van der Waals surface area (Å²) < 4.78 is 11.9. The lowest BCUT2D eigenvalue weighted by atomic mass is 10.0. The summed E-state index contributed by atoms with van der Waals surface area (Å²) in [4.78, 5) is 23.3. The molecule has 5 heteroatoms. The average Bonchev–Trinajstić information content (AvgIpc) is 2.51. The van der Waals surface area contributed by atoms with Gasteiger partial charge in [0.05, 0.1) is 0 Å². The molecule has 1 amide bonds. The average molecular weight is 171 g/mol. The van der Waals surface area contributed by atoms with E-state index in [9.17, 15) is 14.0 Å². The highest BCUT2D eigenvalue weighted by Crippen LogP contribution is 2.16. The van der Waals surface area contributed by atoms with E-state index in [2.05, 4.69) is 0 Å². The molecule has 0 aliphatic carbocycles. The molecule has 1 atom stereocenters. The number of nitrogens with zero attached hydrogens (tertiary/aromatic N) is 1. The Balaban J connectivity index is 2.45. The molecule has 1 saturated heterocycles. The van der Waals surface area contributed by atoms with Gasteiger partial charge in [0.2, 0.25) is 7.85 Å². The van der Waals surface area contributed by atoms with Gasteiger partial charge in [-0.1, -0.05) is 0 Å². The first-order valence-electron chi connectivity index (χ1n) is 3.99. The van der Waals surface area contributed by atoms with Gasteiger partial charge in [0.1, 0.15) is 6.67 Å². The third-order valence-electron chi connectivity index (χ3n) is 2.22. The molecule has 1 rings (SSSR count). The van der Waals surface area contributed by atoms with Crippen LogP contribution in [0.2, 0.25) is 0 Å². The minimum Gasteiger partial charge on any atom is -0.351 e. The zero-order valence-corrected chi connectivity index (χ0v) is 7.05. The number of halogens is 1. The van der Waals surface area contributed by atoms with Gasteiger partial charge >= 0.3 is 0 Å². The van der Waals surface area contributed by atoms with E-state index in [0.717, 1.165) is 0 Å². The quantitative estimate of drug-likeness (QED) is 0.530. The number of alkyl halides is 1. The number of rotatable bonds is 2. The van der Waals surface area contributed by atoms with Crippen LogP contribution >= 0.6 is 0 Å². The Morgan fingerprint density at radius 1 is 1.58 bits per heavy atom. The Labute approximate surface area is 71.3 Å². The molecule has 0 saturated carbocycles. The van der Waals surface area contributed by atoms with Crippen molar-refractivity contribution in [2.24, 2.45) is 5.92 Å². The summed E-state index contributed by atoms with van der Waals surface area (Å²) in [6.45, 7) is 0.0836. The number of ketones is 1. The van der Waals surface area contributed by atoms with E-state index in [1.807, 2.05) is 0 Å². The zero-order valence-electron chi connectivity index (χ0n) is 7.05. The van der Waals surface area contributed by atoms with Gasteiger partial charge in [-0.2, -0.15) is 0 Å². The smallest absolute Gasteiger partial charge is 0.215 e. The number of likely N-dealkylation sites (tertiary alicyclic amines) is 1. The van der Waals surface area contributed by atoms with Crippen LogP contribution in [0.1, 0.15) is 6.42 Å². The summed E-state index contributed by atoms with van der Waals surface area (Å²) in [5, 5.41) is 0. The van der Waals surface area contributed by atoms with Crippen molar-refractivity contribution in [2.45, 2.75) is 6.42 Å². The minimum atomic E-state index is -0.906. The van der Waals surface area contributed by atoms with Crippen LogP contribution in [-0.4, -0.2) is 44.1 Å². The standard InChI is InChI=1S/C7H11BFNO2/c8-7(12)10-2-1-5(4-10)6(11)3-9/h5H,1-4,8H2. The fraction of sp³-hybridized carbons (Fsp3) is 0.714. The molecule has 1 heterocycles. The van der Waals surface area contributed by atoms with Gasteiger partial charge in [-0.15, -0.1) is 0 Å². The number of Topliss-reactive ketones (excluding diaryl/α,β-unsaturated/α-hetero) is 1. The second kappa shape index (κ2) is 3.69. The van der Waals surface area contributed by atoms with Crippen LogP contribution in [-0.2, 0) is 4.79 Å². The van der Waals surface area contributed by atoms with Crippen LogP contribution in [0.4, 0.5) is 9.18 Å². The Bertz CT molecular complexity index is 210. The van der Waals surface area contributed by atoms with Crippen molar-refractivity contribution in [3.05, 3.63) is 0 Å². The van der Waals surface area contributed by atoms with Crippen molar-refractivity contribution in [1.29, 1.82) is 0 Å². The Kier molecular flexibility index (Phi) is 2.84. The zero-order chi connectivity index (χ0) is 9.14. The van der Waals surface area contributed by atoms with E-state index >= 15 is 0 Å².